The largest absolute Gasteiger partial charge is 0.481 e. The smallest absolute Gasteiger partial charge is 0.306 e. The van der Waals surface area contributed by atoms with E-state index in [-0.39, 0.29) is 5.92 Å². The molecular weight excluding hydrogens is 180 g/mol. The first-order chi connectivity index (χ1) is 6.47. The summed E-state index contributed by atoms with van der Waals surface area (Å²) < 4.78 is 0. The van der Waals surface area contributed by atoms with Crippen LogP contribution in [0.1, 0.15) is 26.7 Å². The number of carboxylic acid groups (broad SMARTS) is 1. The SMILES string of the molecule is CC(C)(C#N)N1CCC(C(=O)O)CC1. The number of hydrogen-bond acceptors (Lipinski definition) is 3. The molecule has 78 valence electrons. The highest BCUT2D eigenvalue weighted by atomic mass is 16.4. The van der Waals surface area contributed by atoms with Gasteiger partial charge in [-0.1, -0.05) is 0 Å². The Morgan fingerprint density at radius 1 is 1.50 bits per heavy atom. The summed E-state index contributed by atoms with van der Waals surface area (Å²) >= 11 is 0. The summed E-state index contributed by atoms with van der Waals surface area (Å²) in [5.41, 5.74) is -0.469. The molecule has 0 saturated carbocycles. The fraction of sp³-hybridized carbons (Fsp3) is 0.800. The van der Waals surface area contributed by atoms with Gasteiger partial charge in [-0.2, -0.15) is 5.26 Å². The number of aliphatic carboxylic acids is 1. The first-order valence-electron chi connectivity index (χ1n) is 4.86. The minimum Gasteiger partial charge on any atom is -0.481 e. The van der Waals surface area contributed by atoms with Crippen molar-refractivity contribution in [3.05, 3.63) is 0 Å². The summed E-state index contributed by atoms with van der Waals surface area (Å²) in [6, 6.07) is 2.23. The third-order valence-electron chi connectivity index (χ3n) is 2.91. The molecule has 0 radical (unpaired) electrons. The van der Waals surface area contributed by atoms with Gasteiger partial charge in [0.1, 0.15) is 5.54 Å². The molecule has 0 aromatic carbocycles. The molecule has 0 amide bonds. The first-order valence-corrected chi connectivity index (χ1v) is 4.86. The van der Waals surface area contributed by atoms with Crippen LogP contribution in [-0.2, 0) is 4.79 Å². The van der Waals surface area contributed by atoms with Crippen LogP contribution in [0.15, 0.2) is 0 Å². The van der Waals surface area contributed by atoms with Crippen molar-refractivity contribution < 1.29 is 9.90 Å². The second kappa shape index (κ2) is 3.97. The van der Waals surface area contributed by atoms with Gasteiger partial charge in [-0.15, -0.1) is 0 Å². The molecule has 1 N–H and O–H groups in total. The van der Waals surface area contributed by atoms with Crippen molar-refractivity contribution >= 4 is 5.97 Å². The fourth-order valence-electron chi connectivity index (χ4n) is 1.76. The average Bonchev–Trinajstić information content (AvgIpc) is 2.18. The van der Waals surface area contributed by atoms with Gasteiger partial charge in [0.05, 0.1) is 12.0 Å². The molecule has 0 atom stereocenters. The molecule has 1 saturated heterocycles. The van der Waals surface area contributed by atoms with Crippen LogP contribution in [-0.4, -0.2) is 34.6 Å². The zero-order valence-corrected chi connectivity index (χ0v) is 8.66. The molecule has 0 bridgehead atoms. The molecule has 1 heterocycles. The van der Waals surface area contributed by atoms with Crippen LogP contribution in [0.5, 0.6) is 0 Å². The van der Waals surface area contributed by atoms with E-state index in [1.165, 1.54) is 0 Å². The number of nitriles is 1. The zero-order valence-electron chi connectivity index (χ0n) is 8.66. The molecule has 0 spiro atoms. The van der Waals surface area contributed by atoms with Crippen molar-refractivity contribution in [3.8, 4) is 6.07 Å². The topological polar surface area (TPSA) is 64.3 Å². The number of carboxylic acids is 1. The molecule has 1 aliphatic heterocycles. The molecule has 0 unspecified atom stereocenters. The van der Waals surface area contributed by atoms with Gasteiger partial charge in [0.2, 0.25) is 0 Å². The van der Waals surface area contributed by atoms with Crippen LogP contribution in [0.4, 0.5) is 0 Å². The maximum atomic E-state index is 10.7. The van der Waals surface area contributed by atoms with Crippen LogP contribution < -0.4 is 0 Å². The molecule has 0 aromatic heterocycles. The average molecular weight is 196 g/mol. The van der Waals surface area contributed by atoms with Crippen molar-refractivity contribution in [1.82, 2.24) is 4.90 Å². The van der Waals surface area contributed by atoms with Gasteiger partial charge in [0.15, 0.2) is 0 Å². The molecular formula is C10H16N2O2. The van der Waals surface area contributed by atoms with E-state index in [4.69, 9.17) is 10.4 Å². The highest BCUT2D eigenvalue weighted by Crippen LogP contribution is 2.23. The molecule has 1 rings (SSSR count). The molecule has 0 aliphatic carbocycles. The van der Waals surface area contributed by atoms with Crippen LogP contribution in [0.25, 0.3) is 0 Å². The van der Waals surface area contributed by atoms with Crippen molar-refractivity contribution in [1.29, 1.82) is 5.26 Å². The lowest BCUT2D eigenvalue weighted by molar-refractivity contribution is -0.143. The lowest BCUT2D eigenvalue weighted by Crippen LogP contribution is -2.48. The van der Waals surface area contributed by atoms with E-state index >= 15 is 0 Å². The van der Waals surface area contributed by atoms with Crippen molar-refractivity contribution in [3.63, 3.8) is 0 Å². The van der Waals surface area contributed by atoms with Gasteiger partial charge in [-0.05, 0) is 26.7 Å². The lowest BCUT2D eigenvalue weighted by Gasteiger charge is -2.37. The van der Waals surface area contributed by atoms with Crippen LogP contribution in [0.2, 0.25) is 0 Å². The van der Waals surface area contributed by atoms with Gasteiger partial charge >= 0.3 is 5.97 Å². The summed E-state index contributed by atoms with van der Waals surface area (Å²) in [6.45, 7) is 5.15. The van der Waals surface area contributed by atoms with Crippen molar-refractivity contribution in [2.75, 3.05) is 13.1 Å². The molecule has 4 nitrogen and oxygen atoms in total. The Morgan fingerprint density at radius 2 is 2.00 bits per heavy atom. The number of carbonyl (C=O) groups is 1. The normalized spacial score (nSPS) is 20.4. The van der Waals surface area contributed by atoms with Crippen LogP contribution in [0.3, 0.4) is 0 Å². The van der Waals surface area contributed by atoms with E-state index < -0.39 is 11.5 Å². The van der Waals surface area contributed by atoms with E-state index in [0.717, 1.165) is 0 Å². The third-order valence-corrected chi connectivity index (χ3v) is 2.91. The summed E-state index contributed by atoms with van der Waals surface area (Å²) in [5, 5.41) is 17.7. The predicted octanol–water partition coefficient (Wildman–Crippen LogP) is 1.09. The Hall–Kier alpha value is -1.08. The van der Waals surface area contributed by atoms with Crippen molar-refractivity contribution in [2.45, 2.75) is 32.2 Å². The minimum absolute atomic E-state index is 0.222. The summed E-state index contributed by atoms with van der Waals surface area (Å²) in [4.78, 5) is 12.7. The minimum atomic E-state index is -0.709. The van der Waals surface area contributed by atoms with E-state index in [2.05, 4.69) is 6.07 Å². The van der Waals surface area contributed by atoms with E-state index in [9.17, 15) is 4.79 Å². The van der Waals surface area contributed by atoms with Gasteiger partial charge < -0.3 is 5.11 Å². The lowest BCUT2D eigenvalue weighted by atomic mass is 9.93. The monoisotopic (exact) mass is 196 g/mol. The molecule has 14 heavy (non-hydrogen) atoms. The Morgan fingerprint density at radius 3 is 2.36 bits per heavy atom. The predicted molar refractivity (Wildman–Crippen MR) is 51.6 cm³/mol. The van der Waals surface area contributed by atoms with Crippen LogP contribution in [0, 0.1) is 17.2 Å². The maximum absolute atomic E-state index is 10.7. The van der Waals surface area contributed by atoms with E-state index in [0.29, 0.717) is 25.9 Å². The first kappa shape index (κ1) is 11.0. The van der Waals surface area contributed by atoms with E-state index in [1.807, 2.05) is 18.7 Å². The Kier molecular flexibility index (Phi) is 3.12. The highest BCUT2D eigenvalue weighted by molar-refractivity contribution is 5.70. The number of rotatable bonds is 2. The number of nitrogens with zero attached hydrogens (tertiary/aromatic N) is 2. The Balaban J connectivity index is 2.52. The summed E-state index contributed by atoms with van der Waals surface area (Å²) in [5.74, 6) is -0.930. The molecule has 4 heteroatoms. The number of hydrogen-bond donors (Lipinski definition) is 1. The fourth-order valence-corrected chi connectivity index (χ4v) is 1.76. The molecule has 1 aliphatic rings. The number of likely N-dealkylation sites (tertiary alicyclic amines) is 1. The summed E-state index contributed by atoms with van der Waals surface area (Å²) in [6.07, 6.45) is 1.31. The van der Waals surface area contributed by atoms with Crippen molar-refractivity contribution in [2.24, 2.45) is 5.92 Å². The number of piperidine rings is 1. The van der Waals surface area contributed by atoms with Gasteiger partial charge in [-0.3, -0.25) is 9.69 Å². The zero-order chi connectivity index (χ0) is 10.8. The maximum Gasteiger partial charge on any atom is 0.306 e. The standard InChI is InChI=1S/C10H16N2O2/c1-10(2,7-11)12-5-3-8(4-6-12)9(13)14/h8H,3-6H2,1-2H3,(H,13,14). The quantitative estimate of drug-likeness (QED) is 0.718. The third kappa shape index (κ3) is 2.24. The second-order valence-electron chi connectivity index (χ2n) is 4.27. The Bertz CT molecular complexity index is 260. The van der Waals surface area contributed by atoms with Crippen LogP contribution >= 0.6 is 0 Å². The van der Waals surface area contributed by atoms with Gasteiger partial charge in [0, 0.05) is 13.1 Å². The van der Waals surface area contributed by atoms with E-state index in [1.54, 1.807) is 0 Å². The highest BCUT2D eigenvalue weighted by Gasteiger charge is 2.32. The molecule has 1 fully saturated rings. The van der Waals surface area contributed by atoms with Gasteiger partial charge in [-0.25, -0.2) is 0 Å². The van der Waals surface area contributed by atoms with Gasteiger partial charge in [0.25, 0.3) is 0 Å². The summed E-state index contributed by atoms with van der Waals surface area (Å²) in [7, 11) is 0. The second-order valence-corrected chi connectivity index (χ2v) is 4.27. The molecule has 0 aromatic rings. The Labute approximate surface area is 84.1 Å².